The molecule has 128 valence electrons. The first-order valence-electron chi connectivity index (χ1n) is 7.96. The highest BCUT2D eigenvalue weighted by molar-refractivity contribution is 5.72. The number of benzene rings is 2. The highest BCUT2D eigenvalue weighted by atomic mass is 16.5. The number of carbonyl (C=O) groups is 1. The predicted octanol–water partition coefficient (Wildman–Crippen LogP) is 3.94. The monoisotopic (exact) mass is 337 g/mol. The summed E-state index contributed by atoms with van der Waals surface area (Å²) in [5.74, 6) is 1.52. The van der Waals surface area contributed by atoms with Crippen LogP contribution in [-0.2, 0) is 22.6 Å². The summed E-state index contributed by atoms with van der Waals surface area (Å²) in [6, 6.07) is 17.0. The van der Waals surface area contributed by atoms with E-state index in [1.54, 1.807) is 14.0 Å². The fourth-order valence-electron chi connectivity index (χ4n) is 2.37. The van der Waals surface area contributed by atoms with Gasteiger partial charge in [0.25, 0.3) is 0 Å². The van der Waals surface area contributed by atoms with Crippen molar-refractivity contribution in [1.82, 2.24) is 4.98 Å². The van der Waals surface area contributed by atoms with Crippen LogP contribution in [0.15, 0.2) is 59.0 Å². The first kappa shape index (κ1) is 16.8. The first-order valence-corrected chi connectivity index (χ1v) is 7.96. The van der Waals surface area contributed by atoms with Gasteiger partial charge in [-0.15, -0.1) is 0 Å². The van der Waals surface area contributed by atoms with E-state index in [2.05, 4.69) is 4.98 Å². The van der Waals surface area contributed by atoms with Crippen molar-refractivity contribution in [3.63, 3.8) is 0 Å². The van der Waals surface area contributed by atoms with Gasteiger partial charge in [0.2, 0.25) is 5.89 Å². The molecule has 3 rings (SSSR count). The van der Waals surface area contributed by atoms with Crippen LogP contribution in [0, 0.1) is 6.92 Å². The summed E-state index contributed by atoms with van der Waals surface area (Å²) in [7, 11) is 1.61. The van der Waals surface area contributed by atoms with Crippen LogP contribution >= 0.6 is 0 Å². The third-order valence-electron chi connectivity index (χ3n) is 3.78. The molecule has 0 atom stereocenters. The van der Waals surface area contributed by atoms with Crippen molar-refractivity contribution in [2.75, 3.05) is 7.11 Å². The number of ether oxygens (including phenoxy) is 2. The summed E-state index contributed by atoms with van der Waals surface area (Å²) in [5, 5.41) is 0. The lowest BCUT2D eigenvalue weighted by Crippen LogP contribution is -2.09. The summed E-state index contributed by atoms with van der Waals surface area (Å²) < 4.78 is 16.1. The van der Waals surface area contributed by atoms with E-state index in [4.69, 9.17) is 13.9 Å². The lowest BCUT2D eigenvalue weighted by Gasteiger charge is -2.03. The van der Waals surface area contributed by atoms with Gasteiger partial charge in [0.15, 0.2) is 0 Å². The minimum atomic E-state index is -0.332. The summed E-state index contributed by atoms with van der Waals surface area (Å²) in [5.41, 5.74) is 2.36. The fourth-order valence-corrected chi connectivity index (χ4v) is 2.37. The Bertz CT molecular complexity index is 838. The van der Waals surface area contributed by atoms with E-state index in [9.17, 15) is 4.79 Å². The van der Waals surface area contributed by atoms with Gasteiger partial charge in [-0.05, 0) is 36.8 Å². The minimum absolute atomic E-state index is 0.0817. The molecule has 5 nitrogen and oxygen atoms in total. The average Bonchev–Trinajstić information content (AvgIpc) is 3.01. The number of hydrogen-bond donors (Lipinski definition) is 0. The van der Waals surface area contributed by atoms with Gasteiger partial charge in [-0.1, -0.05) is 30.3 Å². The SMILES string of the molecule is COc1ccc(-c2nc(CC(=O)OCc3ccccc3)c(C)o2)cc1. The van der Waals surface area contributed by atoms with Gasteiger partial charge in [-0.2, -0.15) is 0 Å². The molecule has 0 spiro atoms. The Balaban J connectivity index is 1.64. The third-order valence-corrected chi connectivity index (χ3v) is 3.78. The van der Waals surface area contributed by atoms with Crippen LogP contribution in [-0.4, -0.2) is 18.1 Å². The molecule has 5 heteroatoms. The zero-order chi connectivity index (χ0) is 17.6. The number of methoxy groups -OCH3 is 1. The molecule has 0 saturated heterocycles. The van der Waals surface area contributed by atoms with E-state index in [0.29, 0.717) is 17.3 Å². The molecule has 0 bridgehead atoms. The molecule has 0 saturated carbocycles. The number of hydrogen-bond acceptors (Lipinski definition) is 5. The fraction of sp³-hybridized carbons (Fsp3) is 0.200. The number of rotatable bonds is 6. The van der Waals surface area contributed by atoms with Crippen molar-refractivity contribution in [2.24, 2.45) is 0 Å². The second-order valence-corrected chi connectivity index (χ2v) is 5.57. The third kappa shape index (κ3) is 4.26. The predicted molar refractivity (Wildman–Crippen MR) is 93.2 cm³/mol. The van der Waals surface area contributed by atoms with E-state index in [0.717, 1.165) is 16.9 Å². The molecule has 25 heavy (non-hydrogen) atoms. The van der Waals surface area contributed by atoms with Crippen molar-refractivity contribution in [2.45, 2.75) is 20.0 Å². The molecular formula is C20H19NO4. The number of aryl methyl sites for hydroxylation is 1. The second kappa shape index (κ2) is 7.66. The Hall–Kier alpha value is -3.08. The molecule has 0 aliphatic rings. The van der Waals surface area contributed by atoms with E-state index in [1.165, 1.54) is 0 Å². The molecule has 2 aromatic carbocycles. The topological polar surface area (TPSA) is 61.6 Å². The molecule has 0 N–H and O–H groups in total. The highest BCUT2D eigenvalue weighted by Gasteiger charge is 2.15. The average molecular weight is 337 g/mol. The Morgan fingerprint density at radius 3 is 2.48 bits per heavy atom. The number of aromatic nitrogens is 1. The van der Waals surface area contributed by atoms with Crippen molar-refractivity contribution in [1.29, 1.82) is 0 Å². The maximum Gasteiger partial charge on any atom is 0.312 e. The van der Waals surface area contributed by atoms with Gasteiger partial charge in [0.05, 0.1) is 19.2 Å². The van der Waals surface area contributed by atoms with Crippen LogP contribution in [0.25, 0.3) is 11.5 Å². The molecule has 3 aromatic rings. The van der Waals surface area contributed by atoms with Gasteiger partial charge in [0.1, 0.15) is 18.1 Å². The van der Waals surface area contributed by atoms with E-state index < -0.39 is 0 Å². The van der Waals surface area contributed by atoms with Crippen molar-refractivity contribution in [3.8, 4) is 17.2 Å². The van der Waals surface area contributed by atoms with E-state index in [1.807, 2.05) is 54.6 Å². The Labute approximate surface area is 146 Å². The van der Waals surface area contributed by atoms with Gasteiger partial charge in [-0.25, -0.2) is 4.98 Å². The van der Waals surface area contributed by atoms with E-state index >= 15 is 0 Å². The van der Waals surface area contributed by atoms with Crippen LogP contribution < -0.4 is 4.74 Å². The lowest BCUT2D eigenvalue weighted by atomic mass is 10.2. The van der Waals surface area contributed by atoms with Crippen molar-refractivity contribution < 1.29 is 18.7 Å². The van der Waals surface area contributed by atoms with Crippen molar-refractivity contribution in [3.05, 3.63) is 71.6 Å². The number of esters is 1. The largest absolute Gasteiger partial charge is 0.497 e. The molecule has 0 unspecified atom stereocenters. The molecule has 0 fully saturated rings. The Morgan fingerprint density at radius 2 is 1.80 bits per heavy atom. The number of oxazole rings is 1. The van der Waals surface area contributed by atoms with Gasteiger partial charge >= 0.3 is 5.97 Å². The first-order chi connectivity index (χ1) is 12.2. The molecule has 0 aliphatic heterocycles. The second-order valence-electron chi connectivity index (χ2n) is 5.57. The van der Waals surface area contributed by atoms with Crippen LogP contribution in [0.1, 0.15) is 17.0 Å². The van der Waals surface area contributed by atoms with Crippen molar-refractivity contribution >= 4 is 5.97 Å². The normalized spacial score (nSPS) is 10.5. The van der Waals surface area contributed by atoms with Gasteiger partial charge in [0, 0.05) is 5.56 Å². The van der Waals surface area contributed by atoms with Gasteiger partial charge < -0.3 is 13.9 Å². The molecule has 0 amide bonds. The Morgan fingerprint density at radius 1 is 1.08 bits per heavy atom. The Kier molecular flexibility index (Phi) is 5.14. The van der Waals surface area contributed by atoms with E-state index in [-0.39, 0.29) is 19.0 Å². The maximum atomic E-state index is 12.0. The lowest BCUT2D eigenvalue weighted by molar-refractivity contribution is -0.144. The molecule has 1 aromatic heterocycles. The summed E-state index contributed by atoms with van der Waals surface area (Å²) >= 11 is 0. The molecular weight excluding hydrogens is 318 g/mol. The highest BCUT2D eigenvalue weighted by Crippen LogP contribution is 2.24. The standard InChI is InChI=1S/C20H19NO4/c1-14-18(12-19(22)24-13-15-6-4-3-5-7-15)21-20(25-14)16-8-10-17(23-2)11-9-16/h3-11H,12-13H2,1-2H3. The summed E-state index contributed by atoms with van der Waals surface area (Å²) in [6.45, 7) is 2.04. The zero-order valence-electron chi connectivity index (χ0n) is 14.2. The summed E-state index contributed by atoms with van der Waals surface area (Å²) in [6.07, 6.45) is 0.0817. The number of nitrogens with zero attached hydrogens (tertiary/aromatic N) is 1. The quantitative estimate of drug-likeness (QED) is 0.638. The van der Waals surface area contributed by atoms with Crippen LogP contribution in [0.4, 0.5) is 0 Å². The van der Waals surface area contributed by atoms with Crippen LogP contribution in [0.5, 0.6) is 5.75 Å². The molecule has 0 aliphatic carbocycles. The van der Waals surface area contributed by atoms with Gasteiger partial charge in [-0.3, -0.25) is 4.79 Å². The number of carbonyl (C=O) groups excluding carboxylic acids is 1. The maximum absolute atomic E-state index is 12.0. The molecule has 1 heterocycles. The minimum Gasteiger partial charge on any atom is -0.497 e. The molecule has 0 radical (unpaired) electrons. The zero-order valence-corrected chi connectivity index (χ0v) is 14.2. The smallest absolute Gasteiger partial charge is 0.312 e. The van der Waals surface area contributed by atoms with Crippen LogP contribution in [0.3, 0.4) is 0 Å². The summed E-state index contributed by atoms with van der Waals surface area (Å²) in [4.78, 5) is 16.5. The van der Waals surface area contributed by atoms with Crippen LogP contribution in [0.2, 0.25) is 0 Å².